The SMILES string of the molecule is Cc1ccc2oc(C(=O)N3CCOC[C@H]3C(=O)O)cc2n1. The highest BCUT2D eigenvalue weighted by Gasteiger charge is 2.34. The number of amides is 1. The largest absolute Gasteiger partial charge is 0.480 e. The van der Waals surface area contributed by atoms with Crippen molar-refractivity contribution in [2.45, 2.75) is 13.0 Å². The number of aryl methyl sites for hydroxylation is 1. The van der Waals surface area contributed by atoms with E-state index >= 15 is 0 Å². The highest BCUT2D eigenvalue weighted by molar-refractivity contribution is 5.97. The van der Waals surface area contributed by atoms with Gasteiger partial charge >= 0.3 is 5.97 Å². The molecule has 0 unspecified atom stereocenters. The molecule has 0 bridgehead atoms. The maximum absolute atomic E-state index is 12.5. The Morgan fingerprint density at radius 1 is 1.43 bits per heavy atom. The van der Waals surface area contributed by atoms with E-state index in [1.54, 1.807) is 18.2 Å². The predicted molar refractivity (Wildman–Crippen MR) is 72.0 cm³/mol. The molecule has 7 heteroatoms. The number of fused-ring (bicyclic) bond motifs is 1. The number of furan rings is 1. The second-order valence-electron chi connectivity index (χ2n) is 4.87. The molecule has 1 amide bonds. The van der Waals surface area contributed by atoms with Crippen LogP contribution in [0.5, 0.6) is 0 Å². The third-order valence-electron chi connectivity index (χ3n) is 3.40. The van der Waals surface area contributed by atoms with Crippen molar-refractivity contribution in [2.24, 2.45) is 0 Å². The van der Waals surface area contributed by atoms with E-state index in [-0.39, 0.29) is 18.9 Å². The van der Waals surface area contributed by atoms with Crippen LogP contribution in [0.4, 0.5) is 0 Å². The van der Waals surface area contributed by atoms with Gasteiger partial charge in [0.25, 0.3) is 5.91 Å². The molecule has 7 nitrogen and oxygen atoms in total. The van der Waals surface area contributed by atoms with Crippen LogP contribution in [-0.2, 0) is 9.53 Å². The fourth-order valence-electron chi connectivity index (χ4n) is 2.32. The minimum atomic E-state index is -1.09. The number of carboxylic acid groups (broad SMARTS) is 1. The first kappa shape index (κ1) is 13.6. The molecule has 1 saturated heterocycles. The van der Waals surface area contributed by atoms with Crippen molar-refractivity contribution < 1.29 is 23.8 Å². The molecule has 3 rings (SSSR count). The van der Waals surface area contributed by atoms with Crippen molar-refractivity contribution in [3.05, 3.63) is 29.7 Å². The lowest BCUT2D eigenvalue weighted by molar-refractivity contribution is -0.147. The summed E-state index contributed by atoms with van der Waals surface area (Å²) in [5.41, 5.74) is 1.90. The summed E-state index contributed by atoms with van der Waals surface area (Å²) in [5.74, 6) is -1.45. The summed E-state index contributed by atoms with van der Waals surface area (Å²) in [6.07, 6.45) is 0. The minimum Gasteiger partial charge on any atom is -0.480 e. The molecule has 0 aliphatic carbocycles. The van der Waals surface area contributed by atoms with Gasteiger partial charge in [0.05, 0.1) is 13.2 Å². The van der Waals surface area contributed by atoms with Gasteiger partial charge in [-0.25, -0.2) is 9.78 Å². The quantitative estimate of drug-likeness (QED) is 0.889. The van der Waals surface area contributed by atoms with Crippen LogP contribution in [0.1, 0.15) is 16.2 Å². The lowest BCUT2D eigenvalue weighted by Crippen LogP contribution is -2.52. The highest BCUT2D eigenvalue weighted by Crippen LogP contribution is 2.21. The Morgan fingerprint density at radius 2 is 2.24 bits per heavy atom. The zero-order valence-electron chi connectivity index (χ0n) is 11.4. The van der Waals surface area contributed by atoms with Crippen molar-refractivity contribution in [2.75, 3.05) is 19.8 Å². The molecule has 1 N–H and O–H groups in total. The smallest absolute Gasteiger partial charge is 0.328 e. The first-order valence-electron chi connectivity index (χ1n) is 6.55. The number of hydrogen-bond donors (Lipinski definition) is 1. The molecule has 2 aromatic rings. The van der Waals surface area contributed by atoms with Gasteiger partial charge in [-0.15, -0.1) is 0 Å². The van der Waals surface area contributed by atoms with Gasteiger partial charge in [-0.3, -0.25) is 4.79 Å². The van der Waals surface area contributed by atoms with E-state index in [1.165, 1.54) is 4.90 Å². The van der Waals surface area contributed by atoms with Crippen molar-refractivity contribution in [3.63, 3.8) is 0 Å². The summed E-state index contributed by atoms with van der Waals surface area (Å²) >= 11 is 0. The van der Waals surface area contributed by atoms with Crippen LogP contribution < -0.4 is 0 Å². The summed E-state index contributed by atoms with van der Waals surface area (Å²) < 4.78 is 10.6. The average Bonchev–Trinajstić information content (AvgIpc) is 2.89. The summed E-state index contributed by atoms with van der Waals surface area (Å²) in [6, 6.07) is 4.07. The summed E-state index contributed by atoms with van der Waals surface area (Å²) in [4.78, 5) is 29.2. The summed E-state index contributed by atoms with van der Waals surface area (Å²) in [7, 11) is 0. The molecule has 1 atom stereocenters. The Kier molecular flexibility index (Phi) is 3.34. The number of aromatic nitrogens is 1. The first-order valence-corrected chi connectivity index (χ1v) is 6.55. The van der Waals surface area contributed by atoms with Crippen LogP contribution in [0.15, 0.2) is 22.6 Å². The molecule has 110 valence electrons. The number of carbonyl (C=O) groups is 2. The fraction of sp³-hybridized carbons (Fsp3) is 0.357. The average molecular weight is 290 g/mol. The normalized spacial score (nSPS) is 18.9. The molecule has 0 saturated carbocycles. The number of ether oxygens (including phenoxy) is 1. The third kappa shape index (κ3) is 2.47. The van der Waals surface area contributed by atoms with E-state index in [0.717, 1.165) is 5.69 Å². The van der Waals surface area contributed by atoms with Gasteiger partial charge in [-0.1, -0.05) is 0 Å². The number of hydrogen-bond acceptors (Lipinski definition) is 5. The molecule has 0 spiro atoms. The van der Waals surface area contributed by atoms with Gasteiger partial charge in [0.1, 0.15) is 5.52 Å². The second-order valence-corrected chi connectivity index (χ2v) is 4.87. The standard InChI is InChI=1S/C14H14N2O5/c1-8-2-3-11-9(15-8)6-12(21-11)13(17)16-4-5-20-7-10(16)14(18)19/h2-3,6,10H,4-5,7H2,1H3,(H,18,19)/t10-/m0/s1. The Bertz CT molecular complexity index is 708. The molecule has 3 heterocycles. The number of rotatable bonds is 2. The van der Waals surface area contributed by atoms with Gasteiger partial charge in [-0.2, -0.15) is 0 Å². The number of aliphatic carboxylic acids is 1. The second kappa shape index (κ2) is 5.17. The molecule has 1 fully saturated rings. The minimum absolute atomic E-state index is 0.0152. The Labute approximate surface area is 120 Å². The molecule has 0 aromatic carbocycles. The van der Waals surface area contributed by atoms with Crippen molar-refractivity contribution in [1.29, 1.82) is 0 Å². The Hall–Kier alpha value is -2.41. The number of morpholine rings is 1. The number of carbonyl (C=O) groups excluding carboxylic acids is 1. The molecule has 1 aliphatic heterocycles. The van der Waals surface area contributed by atoms with Gasteiger partial charge in [-0.05, 0) is 19.1 Å². The van der Waals surface area contributed by atoms with Crippen LogP contribution in [-0.4, -0.2) is 52.7 Å². The Balaban J connectivity index is 1.93. The van der Waals surface area contributed by atoms with E-state index in [9.17, 15) is 9.59 Å². The lowest BCUT2D eigenvalue weighted by atomic mass is 10.2. The van der Waals surface area contributed by atoms with Crippen molar-refractivity contribution >= 4 is 23.0 Å². The van der Waals surface area contributed by atoms with E-state index in [4.69, 9.17) is 14.3 Å². The van der Waals surface area contributed by atoms with Gasteiger partial charge in [0, 0.05) is 18.3 Å². The van der Waals surface area contributed by atoms with Gasteiger partial charge in [0.15, 0.2) is 17.4 Å². The topological polar surface area (TPSA) is 92.9 Å². The molecule has 2 aromatic heterocycles. The fourth-order valence-corrected chi connectivity index (χ4v) is 2.32. The first-order chi connectivity index (χ1) is 10.1. The van der Waals surface area contributed by atoms with E-state index in [0.29, 0.717) is 17.7 Å². The van der Waals surface area contributed by atoms with Crippen LogP contribution in [0.25, 0.3) is 11.1 Å². The van der Waals surface area contributed by atoms with E-state index in [1.807, 2.05) is 6.92 Å². The van der Waals surface area contributed by atoms with Gasteiger partial charge in [0.2, 0.25) is 0 Å². The molecular weight excluding hydrogens is 276 g/mol. The van der Waals surface area contributed by atoms with Crippen molar-refractivity contribution in [1.82, 2.24) is 9.88 Å². The predicted octanol–water partition coefficient (Wildman–Crippen LogP) is 1.06. The molecule has 1 aliphatic rings. The summed E-state index contributed by atoms with van der Waals surface area (Å²) in [6.45, 7) is 2.36. The van der Waals surface area contributed by atoms with Crippen LogP contribution in [0, 0.1) is 6.92 Å². The van der Waals surface area contributed by atoms with Gasteiger partial charge < -0.3 is 19.2 Å². The highest BCUT2D eigenvalue weighted by atomic mass is 16.5. The maximum Gasteiger partial charge on any atom is 0.328 e. The zero-order valence-corrected chi connectivity index (χ0v) is 11.4. The van der Waals surface area contributed by atoms with Crippen LogP contribution >= 0.6 is 0 Å². The van der Waals surface area contributed by atoms with Crippen molar-refractivity contribution in [3.8, 4) is 0 Å². The molecule has 0 radical (unpaired) electrons. The van der Waals surface area contributed by atoms with Crippen LogP contribution in [0.2, 0.25) is 0 Å². The third-order valence-corrected chi connectivity index (χ3v) is 3.40. The number of nitrogens with zero attached hydrogens (tertiary/aromatic N) is 2. The number of carboxylic acids is 1. The zero-order chi connectivity index (χ0) is 15.0. The lowest BCUT2D eigenvalue weighted by Gasteiger charge is -2.32. The maximum atomic E-state index is 12.5. The molecular formula is C14H14N2O5. The Morgan fingerprint density at radius 3 is 3.00 bits per heavy atom. The summed E-state index contributed by atoms with van der Waals surface area (Å²) in [5, 5.41) is 9.16. The van der Waals surface area contributed by atoms with E-state index < -0.39 is 17.9 Å². The van der Waals surface area contributed by atoms with E-state index in [2.05, 4.69) is 4.98 Å². The van der Waals surface area contributed by atoms with Crippen LogP contribution in [0.3, 0.4) is 0 Å². The number of pyridine rings is 1. The molecule has 21 heavy (non-hydrogen) atoms. The monoisotopic (exact) mass is 290 g/mol.